The maximum absolute atomic E-state index is 13.3. The second kappa shape index (κ2) is 8.95. The van der Waals surface area contributed by atoms with Crippen LogP contribution < -0.4 is 0 Å². The van der Waals surface area contributed by atoms with Gasteiger partial charge < -0.3 is 15.0 Å². The highest BCUT2D eigenvalue weighted by molar-refractivity contribution is 7.89. The second-order valence-corrected chi connectivity index (χ2v) is 13.2. The summed E-state index contributed by atoms with van der Waals surface area (Å²) in [6.07, 6.45) is 0. The van der Waals surface area contributed by atoms with Gasteiger partial charge in [0, 0.05) is 63.5 Å². The quantitative estimate of drug-likeness (QED) is 0.400. The summed E-state index contributed by atoms with van der Waals surface area (Å²) in [5.41, 5.74) is 2.50. The molecular weight excluding hydrogens is 490 g/mol. The van der Waals surface area contributed by atoms with Crippen molar-refractivity contribution in [2.24, 2.45) is 5.16 Å². The summed E-state index contributed by atoms with van der Waals surface area (Å²) in [5, 5.41) is 13.3. The van der Waals surface area contributed by atoms with Crippen molar-refractivity contribution in [1.82, 2.24) is 18.4 Å². The molecule has 0 saturated carbocycles. The normalized spacial score (nSPS) is 20.6. The molecule has 2 fully saturated rings. The number of piperazine rings is 2. The summed E-state index contributed by atoms with van der Waals surface area (Å²) in [4.78, 5) is 4.41. The fraction of sp³-hybridized carbons (Fsp3) is 0.435. The van der Waals surface area contributed by atoms with E-state index < -0.39 is 20.0 Å². The standard InChI is InChI=1S/C23H29N5O5S2/c1-25-7-11-27(12-8-25)34(30,31)17-3-5-19-20-6-4-18(16-22(20)23(24-29)21(19)15-17)35(32,33)28-13-9-26(2)10-14-28/h3-6,15-16,29H,7-14H2,1-2H3. The minimum Gasteiger partial charge on any atom is -0.410 e. The summed E-state index contributed by atoms with van der Waals surface area (Å²) in [5.74, 6) is 0. The lowest BCUT2D eigenvalue weighted by Crippen LogP contribution is -2.47. The molecule has 1 aliphatic carbocycles. The van der Waals surface area contributed by atoms with Gasteiger partial charge in [-0.15, -0.1) is 0 Å². The van der Waals surface area contributed by atoms with Crippen LogP contribution in [0.5, 0.6) is 0 Å². The van der Waals surface area contributed by atoms with E-state index in [1.54, 1.807) is 24.3 Å². The van der Waals surface area contributed by atoms with Crippen LogP contribution in [0.15, 0.2) is 51.3 Å². The topological polar surface area (TPSA) is 114 Å². The fourth-order valence-corrected chi connectivity index (χ4v) is 7.73. The van der Waals surface area contributed by atoms with Gasteiger partial charge in [0.25, 0.3) is 0 Å². The molecule has 5 rings (SSSR count). The Kier molecular flexibility index (Phi) is 6.22. The Balaban J connectivity index is 1.49. The van der Waals surface area contributed by atoms with E-state index in [0.717, 1.165) is 0 Å². The number of sulfonamides is 2. The highest BCUT2D eigenvalue weighted by Gasteiger charge is 2.34. The van der Waals surface area contributed by atoms with Crippen molar-refractivity contribution in [2.75, 3.05) is 66.5 Å². The minimum absolute atomic E-state index is 0.125. The second-order valence-electron chi connectivity index (χ2n) is 9.28. The van der Waals surface area contributed by atoms with E-state index in [9.17, 15) is 22.0 Å². The first kappa shape index (κ1) is 24.3. The maximum atomic E-state index is 13.3. The zero-order valence-electron chi connectivity index (χ0n) is 19.8. The molecule has 1 N–H and O–H groups in total. The average molecular weight is 520 g/mol. The van der Waals surface area contributed by atoms with Crippen LogP contribution in [0.3, 0.4) is 0 Å². The van der Waals surface area contributed by atoms with E-state index in [-0.39, 0.29) is 15.5 Å². The monoisotopic (exact) mass is 519 g/mol. The van der Waals surface area contributed by atoms with Crippen LogP contribution >= 0.6 is 0 Å². The Bertz CT molecular complexity index is 1290. The van der Waals surface area contributed by atoms with E-state index in [4.69, 9.17) is 0 Å². The first-order valence-electron chi connectivity index (χ1n) is 11.5. The lowest BCUT2D eigenvalue weighted by Gasteiger charge is -2.31. The molecule has 0 spiro atoms. The molecule has 2 aliphatic heterocycles. The van der Waals surface area contributed by atoms with Gasteiger partial charge >= 0.3 is 0 Å². The van der Waals surface area contributed by atoms with Crippen molar-refractivity contribution in [1.29, 1.82) is 0 Å². The van der Waals surface area contributed by atoms with Gasteiger partial charge in [-0.1, -0.05) is 17.3 Å². The highest BCUT2D eigenvalue weighted by atomic mass is 32.2. The van der Waals surface area contributed by atoms with Crippen LogP contribution in [0.2, 0.25) is 0 Å². The third kappa shape index (κ3) is 4.17. The number of hydrogen-bond donors (Lipinski definition) is 1. The number of benzene rings is 2. The van der Waals surface area contributed by atoms with E-state index in [1.165, 1.54) is 20.7 Å². The first-order valence-corrected chi connectivity index (χ1v) is 14.4. The average Bonchev–Trinajstić information content (AvgIpc) is 3.16. The molecule has 0 aromatic heterocycles. The molecule has 12 heteroatoms. The summed E-state index contributed by atoms with van der Waals surface area (Å²) in [7, 11) is -3.51. The van der Waals surface area contributed by atoms with Crippen molar-refractivity contribution in [3.8, 4) is 11.1 Å². The Morgan fingerprint density at radius 2 is 1.00 bits per heavy atom. The largest absolute Gasteiger partial charge is 0.410 e. The first-order chi connectivity index (χ1) is 16.6. The molecule has 3 aliphatic rings. The van der Waals surface area contributed by atoms with Crippen molar-refractivity contribution >= 4 is 25.8 Å². The number of hydrogen-bond acceptors (Lipinski definition) is 8. The van der Waals surface area contributed by atoms with Crippen molar-refractivity contribution in [3.63, 3.8) is 0 Å². The lowest BCUT2D eigenvalue weighted by molar-refractivity contribution is 0.222. The molecule has 2 aromatic carbocycles. The summed E-state index contributed by atoms with van der Waals surface area (Å²) in [6, 6.07) is 9.56. The molecule has 35 heavy (non-hydrogen) atoms. The molecule has 10 nitrogen and oxygen atoms in total. The van der Waals surface area contributed by atoms with E-state index >= 15 is 0 Å². The van der Waals surface area contributed by atoms with Gasteiger partial charge in [0.2, 0.25) is 20.0 Å². The predicted molar refractivity (Wildman–Crippen MR) is 132 cm³/mol. The Hall–Kier alpha value is -2.35. The smallest absolute Gasteiger partial charge is 0.243 e. The van der Waals surface area contributed by atoms with Gasteiger partial charge in [0.05, 0.1) is 9.79 Å². The van der Waals surface area contributed by atoms with E-state index in [1.807, 2.05) is 14.1 Å². The van der Waals surface area contributed by atoms with Gasteiger partial charge in [0.15, 0.2) is 0 Å². The third-order valence-electron chi connectivity index (χ3n) is 7.08. The number of oxime groups is 1. The summed E-state index contributed by atoms with van der Waals surface area (Å²) >= 11 is 0. The number of likely N-dealkylation sites (N-methyl/N-ethyl adjacent to an activating group) is 2. The zero-order chi connectivity index (χ0) is 25.0. The predicted octanol–water partition coefficient (Wildman–Crippen LogP) is 0.766. The van der Waals surface area contributed by atoms with Crippen LogP contribution in [-0.2, 0) is 20.0 Å². The number of rotatable bonds is 4. The summed E-state index contributed by atoms with van der Waals surface area (Å²) in [6.45, 7) is 4.25. The fourth-order valence-electron chi connectivity index (χ4n) is 4.84. The SMILES string of the molecule is CN1CCN(S(=O)(=O)c2ccc3c(c2)C(=NO)c2cc(S(=O)(=O)N4CCN(C)CC4)ccc2-3)CC1. The molecule has 188 valence electrons. The van der Waals surface area contributed by atoms with Crippen LogP contribution in [0.4, 0.5) is 0 Å². The highest BCUT2D eigenvalue weighted by Crippen LogP contribution is 2.40. The zero-order valence-corrected chi connectivity index (χ0v) is 21.4. The molecule has 0 radical (unpaired) electrons. The van der Waals surface area contributed by atoms with Crippen LogP contribution in [-0.4, -0.2) is 113 Å². The van der Waals surface area contributed by atoms with Crippen molar-refractivity contribution in [2.45, 2.75) is 9.79 Å². The number of fused-ring (bicyclic) bond motifs is 3. The molecule has 0 amide bonds. The Morgan fingerprint density at radius 3 is 1.34 bits per heavy atom. The van der Waals surface area contributed by atoms with Crippen LogP contribution in [0, 0.1) is 0 Å². The molecular formula is C23H29N5O5S2. The van der Waals surface area contributed by atoms with Gasteiger partial charge in [0.1, 0.15) is 5.71 Å². The van der Waals surface area contributed by atoms with Crippen LogP contribution in [0.25, 0.3) is 11.1 Å². The Labute approximate surface area is 206 Å². The number of nitrogens with zero attached hydrogens (tertiary/aromatic N) is 5. The maximum Gasteiger partial charge on any atom is 0.243 e. The molecule has 0 unspecified atom stereocenters. The van der Waals surface area contributed by atoms with Crippen LogP contribution in [0.1, 0.15) is 11.1 Å². The van der Waals surface area contributed by atoms with Crippen molar-refractivity contribution in [3.05, 3.63) is 47.5 Å². The third-order valence-corrected chi connectivity index (χ3v) is 10.9. The van der Waals surface area contributed by atoms with Gasteiger partial charge in [-0.25, -0.2) is 16.8 Å². The van der Waals surface area contributed by atoms with E-state index in [0.29, 0.717) is 74.6 Å². The van der Waals surface area contributed by atoms with Gasteiger partial charge in [-0.2, -0.15) is 8.61 Å². The minimum atomic E-state index is -3.71. The lowest BCUT2D eigenvalue weighted by atomic mass is 10.1. The van der Waals surface area contributed by atoms with Gasteiger partial charge in [-0.3, -0.25) is 0 Å². The van der Waals surface area contributed by atoms with Gasteiger partial charge in [-0.05, 0) is 49.5 Å². The molecule has 0 atom stereocenters. The molecule has 2 heterocycles. The summed E-state index contributed by atoms with van der Waals surface area (Å²) < 4.78 is 56.0. The Morgan fingerprint density at radius 1 is 0.629 bits per heavy atom. The molecule has 0 bridgehead atoms. The van der Waals surface area contributed by atoms with Crippen molar-refractivity contribution < 1.29 is 22.0 Å². The van der Waals surface area contributed by atoms with E-state index in [2.05, 4.69) is 15.0 Å². The molecule has 2 aromatic rings. The molecule has 2 saturated heterocycles.